The van der Waals surface area contributed by atoms with E-state index in [0.29, 0.717) is 18.8 Å². The Morgan fingerprint density at radius 1 is 0.767 bits per heavy atom. The summed E-state index contributed by atoms with van der Waals surface area (Å²) in [5, 5.41) is 9.70. The van der Waals surface area contributed by atoms with Crippen LogP contribution in [0.2, 0.25) is 0 Å². The van der Waals surface area contributed by atoms with Crippen molar-refractivity contribution in [2.45, 2.75) is 70.0 Å². The summed E-state index contributed by atoms with van der Waals surface area (Å²) in [5.74, 6) is 2.88. The van der Waals surface area contributed by atoms with Gasteiger partial charge in [-0.1, -0.05) is 87.2 Å². The molecule has 0 spiro atoms. The van der Waals surface area contributed by atoms with E-state index in [2.05, 4.69) is 31.2 Å². The molecule has 9 heteroatoms. The maximum Gasteiger partial charge on any atom is 0.306 e. The van der Waals surface area contributed by atoms with Crippen LogP contribution < -0.4 is 8.92 Å². The molecule has 0 saturated heterocycles. The highest BCUT2D eigenvalue weighted by molar-refractivity contribution is 8.16. The fourth-order valence-corrected chi connectivity index (χ4v) is 7.22. The average molecular weight is 645 g/mol. The Balaban J connectivity index is 1.49. The molecule has 0 aromatic heterocycles. The van der Waals surface area contributed by atoms with E-state index in [1.807, 2.05) is 12.1 Å². The normalized spacial score (nSPS) is 12.1. The van der Waals surface area contributed by atoms with Gasteiger partial charge in [0.05, 0.1) is 18.1 Å². The standard InChI is InChI=1S/C34H44O6S3/c1-3-4-5-6-7-8-24-42-34(36)33(41-25-22-28-13-15-30(35)16-14-28)26-29-11-9-27(10-12-29)21-23-39-31-17-19-32(20-18-31)40-43(2,37)38/h9-20,33,35H,3-8,21-26H2,1-2H3. The van der Waals surface area contributed by atoms with Gasteiger partial charge >= 0.3 is 10.1 Å². The van der Waals surface area contributed by atoms with Crippen LogP contribution in [0.15, 0.2) is 72.8 Å². The zero-order chi connectivity index (χ0) is 30.9. The van der Waals surface area contributed by atoms with Crippen molar-refractivity contribution >= 4 is 38.8 Å². The van der Waals surface area contributed by atoms with Crippen molar-refractivity contribution in [3.63, 3.8) is 0 Å². The molecule has 0 aliphatic carbocycles. The topological polar surface area (TPSA) is 89.9 Å². The molecule has 43 heavy (non-hydrogen) atoms. The predicted octanol–water partition coefficient (Wildman–Crippen LogP) is 7.86. The highest BCUT2D eigenvalue weighted by Crippen LogP contribution is 2.26. The minimum Gasteiger partial charge on any atom is -0.508 e. The monoisotopic (exact) mass is 644 g/mol. The minimum atomic E-state index is -3.56. The number of phenolic OH excluding ortho intramolecular Hbond substituents is 1. The first-order valence-corrected chi connectivity index (χ1v) is 18.8. The molecule has 1 unspecified atom stereocenters. The Morgan fingerprint density at radius 2 is 1.35 bits per heavy atom. The van der Waals surface area contributed by atoms with E-state index in [1.165, 1.54) is 43.9 Å². The summed E-state index contributed by atoms with van der Waals surface area (Å²) >= 11 is 3.21. The number of aromatic hydroxyl groups is 1. The molecular weight excluding hydrogens is 601 g/mol. The van der Waals surface area contributed by atoms with Crippen LogP contribution in [0.5, 0.6) is 17.2 Å². The van der Waals surface area contributed by atoms with Crippen LogP contribution in [0.1, 0.15) is 62.1 Å². The number of ether oxygens (including phenoxy) is 1. The van der Waals surface area contributed by atoms with Gasteiger partial charge in [0.2, 0.25) is 5.12 Å². The summed E-state index contributed by atoms with van der Waals surface area (Å²) < 4.78 is 33.2. The molecule has 0 heterocycles. The Bertz CT molecular complexity index is 1320. The lowest BCUT2D eigenvalue weighted by Gasteiger charge is -2.16. The van der Waals surface area contributed by atoms with Gasteiger partial charge in [0.25, 0.3) is 0 Å². The van der Waals surface area contributed by atoms with Crippen LogP contribution in [0, 0.1) is 0 Å². The van der Waals surface area contributed by atoms with Gasteiger partial charge in [0.15, 0.2) is 0 Å². The van der Waals surface area contributed by atoms with Crippen molar-refractivity contribution in [3.8, 4) is 17.2 Å². The number of rotatable bonds is 20. The number of hydrogen-bond acceptors (Lipinski definition) is 8. The van der Waals surface area contributed by atoms with Gasteiger partial charge < -0.3 is 14.0 Å². The number of benzene rings is 3. The molecule has 3 aromatic carbocycles. The summed E-state index contributed by atoms with van der Waals surface area (Å²) in [4.78, 5) is 13.3. The smallest absolute Gasteiger partial charge is 0.306 e. The van der Waals surface area contributed by atoms with Crippen LogP contribution in [0.25, 0.3) is 0 Å². The maximum atomic E-state index is 13.3. The van der Waals surface area contributed by atoms with Gasteiger partial charge in [-0.05, 0) is 78.1 Å². The summed E-state index contributed by atoms with van der Waals surface area (Å²) in [6.45, 7) is 2.70. The van der Waals surface area contributed by atoms with E-state index >= 15 is 0 Å². The Labute approximate surface area is 266 Å². The highest BCUT2D eigenvalue weighted by Gasteiger charge is 2.20. The van der Waals surface area contributed by atoms with Gasteiger partial charge in [0, 0.05) is 12.2 Å². The van der Waals surface area contributed by atoms with Crippen LogP contribution in [0.4, 0.5) is 0 Å². The fraction of sp³-hybridized carbons (Fsp3) is 0.441. The third-order valence-electron chi connectivity index (χ3n) is 6.83. The number of unbranched alkanes of at least 4 members (excludes halogenated alkanes) is 5. The van der Waals surface area contributed by atoms with Crippen molar-refractivity contribution in [2.75, 3.05) is 24.4 Å². The molecule has 0 aliphatic rings. The zero-order valence-corrected chi connectivity index (χ0v) is 27.7. The third-order valence-corrected chi connectivity index (χ3v) is 9.76. The zero-order valence-electron chi connectivity index (χ0n) is 25.2. The highest BCUT2D eigenvalue weighted by atomic mass is 32.2. The number of phenols is 1. The predicted molar refractivity (Wildman–Crippen MR) is 180 cm³/mol. The van der Waals surface area contributed by atoms with E-state index in [0.717, 1.165) is 53.7 Å². The number of thioether (sulfide) groups is 2. The van der Waals surface area contributed by atoms with Gasteiger partial charge in [-0.3, -0.25) is 4.79 Å². The molecule has 6 nitrogen and oxygen atoms in total. The average Bonchev–Trinajstić information content (AvgIpc) is 2.98. The van der Waals surface area contributed by atoms with Crippen LogP contribution in [-0.2, 0) is 34.2 Å². The van der Waals surface area contributed by atoms with E-state index < -0.39 is 10.1 Å². The van der Waals surface area contributed by atoms with Gasteiger partial charge in [-0.25, -0.2) is 0 Å². The molecule has 3 aromatic rings. The molecule has 0 bridgehead atoms. The lowest BCUT2D eigenvalue weighted by Crippen LogP contribution is -2.18. The first kappa shape index (κ1) is 34.9. The van der Waals surface area contributed by atoms with Crippen molar-refractivity contribution in [1.82, 2.24) is 0 Å². The summed E-state index contributed by atoms with van der Waals surface area (Å²) in [7, 11) is -3.56. The number of hydrogen-bond donors (Lipinski definition) is 1. The maximum absolute atomic E-state index is 13.3. The van der Waals surface area contributed by atoms with Gasteiger partial charge in [0.1, 0.15) is 17.2 Å². The molecule has 0 amide bonds. The van der Waals surface area contributed by atoms with Crippen LogP contribution in [0.3, 0.4) is 0 Å². The molecule has 1 atom stereocenters. The third kappa shape index (κ3) is 14.6. The molecule has 234 valence electrons. The molecule has 0 radical (unpaired) electrons. The number of carbonyl (C=O) groups excluding carboxylic acids is 1. The lowest BCUT2D eigenvalue weighted by atomic mass is 10.1. The summed E-state index contributed by atoms with van der Waals surface area (Å²) in [5.41, 5.74) is 3.43. The number of carbonyl (C=O) groups is 1. The molecular formula is C34H44O6S3. The Hall–Kier alpha value is -2.62. The summed E-state index contributed by atoms with van der Waals surface area (Å²) in [6, 6.07) is 22.2. The van der Waals surface area contributed by atoms with E-state index in [1.54, 1.807) is 48.2 Å². The van der Waals surface area contributed by atoms with Crippen LogP contribution in [-0.4, -0.2) is 48.3 Å². The fourth-order valence-electron chi connectivity index (χ4n) is 4.45. The quantitative estimate of drug-likeness (QED) is 0.0982. The summed E-state index contributed by atoms with van der Waals surface area (Å²) in [6.07, 6.45) is 10.6. The molecule has 0 saturated carbocycles. The first-order valence-electron chi connectivity index (χ1n) is 15.0. The van der Waals surface area contributed by atoms with E-state index in [9.17, 15) is 18.3 Å². The van der Waals surface area contributed by atoms with Crippen molar-refractivity contribution < 1.29 is 27.2 Å². The van der Waals surface area contributed by atoms with Gasteiger partial charge in [-0.2, -0.15) is 8.42 Å². The van der Waals surface area contributed by atoms with E-state index in [4.69, 9.17) is 8.92 Å². The minimum absolute atomic E-state index is 0.106. The second-order valence-corrected chi connectivity index (χ2v) is 14.6. The second kappa shape index (κ2) is 18.9. The van der Waals surface area contributed by atoms with Crippen LogP contribution >= 0.6 is 23.5 Å². The van der Waals surface area contributed by atoms with Crippen molar-refractivity contribution in [1.29, 1.82) is 0 Å². The second-order valence-electron chi connectivity index (χ2n) is 10.6. The number of aryl methyl sites for hydroxylation is 1. The molecule has 3 rings (SSSR count). The van der Waals surface area contributed by atoms with Crippen molar-refractivity contribution in [2.24, 2.45) is 0 Å². The Morgan fingerprint density at radius 3 is 2.02 bits per heavy atom. The lowest BCUT2D eigenvalue weighted by molar-refractivity contribution is -0.110. The molecule has 1 N–H and O–H groups in total. The Kier molecular flexibility index (Phi) is 15.3. The first-order chi connectivity index (χ1) is 20.7. The largest absolute Gasteiger partial charge is 0.508 e. The SMILES string of the molecule is CCCCCCCCSC(=O)C(Cc1ccc(CCOc2ccc(OS(C)(=O)=O)cc2)cc1)SCCc1ccc(O)cc1. The van der Waals surface area contributed by atoms with E-state index in [-0.39, 0.29) is 21.9 Å². The molecule has 0 aliphatic heterocycles. The van der Waals surface area contributed by atoms with Gasteiger partial charge in [-0.15, -0.1) is 11.8 Å². The van der Waals surface area contributed by atoms with Crippen molar-refractivity contribution in [3.05, 3.63) is 89.5 Å². The molecule has 0 fully saturated rings.